The van der Waals surface area contributed by atoms with Crippen molar-refractivity contribution in [3.05, 3.63) is 41.0 Å². The molecule has 2 aromatic rings. The molecule has 2 rings (SSSR count). The second kappa shape index (κ2) is 3.38. The third kappa shape index (κ3) is 1.90. The van der Waals surface area contributed by atoms with Crippen LogP contribution in [0, 0.1) is 0 Å². The van der Waals surface area contributed by atoms with Gasteiger partial charge in [0.05, 0.1) is 16.1 Å². The summed E-state index contributed by atoms with van der Waals surface area (Å²) < 4.78 is 37.4. The largest absolute Gasteiger partial charge is 0.417 e. The van der Waals surface area contributed by atoms with Crippen LogP contribution in [0.2, 0.25) is 5.02 Å². The van der Waals surface area contributed by atoms with Gasteiger partial charge in [0.15, 0.2) is 0 Å². The lowest BCUT2D eigenvalue weighted by molar-refractivity contribution is -0.137. The van der Waals surface area contributed by atoms with Gasteiger partial charge in [0.2, 0.25) is 0 Å². The van der Waals surface area contributed by atoms with Crippen molar-refractivity contribution >= 4 is 22.5 Å². The Morgan fingerprint density at radius 2 is 1.93 bits per heavy atom. The van der Waals surface area contributed by atoms with Gasteiger partial charge in [-0.1, -0.05) is 17.7 Å². The van der Waals surface area contributed by atoms with E-state index in [1.165, 1.54) is 12.3 Å². The molecule has 15 heavy (non-hydrogen) atoms. The molecule has 78 valence electrons. The maximum absolute atomic E-state index is 12.5. The van der Waals surface area contributed by atoms with Gasteiger partial charge in [-0.2, -0.15) is 13.2 Å². The van der Waals surface area contributed by atoms with E-state index in [4.69, 9.17) is 11.6 Å². The smallest absolute Gasteiger partial charge is 0.256 e. The number of alkyl halides is 3. The van der Waals surface area contributed by atoms with Gasteiger partial charge in [0.1, 0.15) is 0 Å². The van der Waals surface area contributed by atoms with E-state index in [0.29, 0.717) is 10.9 Å². The molecule has 5 heteroatoms. The average molecular weight is 232 g/mol. The van der Waals surface area contributed by atoms with Crippen molar-refractivity contribution in [1.29, 1.82) is 0 Å². The maximum Gasteiger partial charge on any atom is 0.417 e. The molecule has 0 saturated heterocycles. The Morgan fingerprint density at radius 1 is 1.20 bits per heavy atom. The van der Waals surface area contributed by atoms with Crippen molar-refractivity contribution in [2.75, 3.05) is 0 Å². The number of aromatic nitrogens is 1. The SMILES string of the molecule is FC(F)(F)c1cc2cccnc2cc1Cl. The molecule has 0 saturated carbocycles. The van der Waals surface area contributed by atoms with Gasteiger partial charge < -0.3 is 0 Å². The summed E-state index contributed by atoms with van der Waals surface area (Å²) in [7, 11) is 0. The van der Waals surface area contributed by atoms with Crippen molar-refractivity contribution in [3.63, 3.8) is 0 Å². The van der Waals surface area contributed by atoms with Crippen LogP contribution in [0.25, 0.3) is 10.9 Å². The standard InChI is InChI=1S/C10H5ClF3N/c11-8-5-9-6(2-1-3-15-9)4-7(8)10(12,13)14/h1-5H. The minimum atomic E-state index is -4.43. The highest BCUT2D eigenvalue weighted by molar-refractivity contribution is 6.32. The summed E-state index contributed by atoms with van der Waals surface area (Å²) in [5.41, 5.74) is -0.375. The molecular formula is C10H5ClF3N. The van der Waals surface area contributed by atoms with Crippen LogP contribution in [0.3, 0.4) is 0 Å². The molecule has 0 radical (unpaired) electrons. The fourth-order valence-electron chi connectivity index (χ4n) is 1.31. The van der Waals surface area contributed by atoms with Crippen LogP contribution in [0.15, 0.2) is 30.5 Å². The summed E-state index contributed by atoms with van der Waals surface area (Å²) in [5.74, 6) is 0. The molecule has 1 aromatic heterocycles. The lowest BCUT2D eigenvalue weighted by Crippen LogP contribution is -2.05. The summed E-state index contributed by atoms with van der Waals surface area (Å²) in [5, 5.41) is 0.0999. The third-order valence-electron chi connectivity index (χ3n) is 2.00. The molecule has 0 aliphatic rings. The molecule has 0 fully saturated rings. The summed E-state index contributed by atoms with van der Waals surface area (Å²) in [4.78, 5) is 3.91. The minimum Gasteiger partial charge on any atom is -0.256 e. The summed E-state index contributed by atoms with van der Waals surface area (Å²) in [6.07, 6.45) is -2.92. The third-order valence-corrected chi connectivity index (χ3v) is 2.31. The highest BCUT2D eigenvalue weighted by Crippen LogP contribution is 2.36. The maximum atomic E-state index is 12.5. The summed E-state index contributed by atoms with van der Waals surface area (Å²) in [6.45, 7) is 0. The van der Waals surface area contributed by atoms with Crippen LogP contribution in [-0.4, -0.2) is 4.98 Å². The predicted molar refractivity (Wildman–Crippen MR) is 51.8 cm³/mol. The van der Waals surface area contributed by atoms with Crippen LogP contribution < -0.4 is 0 Å². The Morgan fingerprint density at radius 3 is 2.60 bits per heavy atom. The van der Waals surface area contributed by atoms with E-state index in [-0.39, 0.29) is 5.02 Å². The lowest BCUT2D eigenvalue weighted by Gasteiger charge is -2.09. The van der Waals surface area contributed by atoms with Gasteiger partial charge in [0, 0.05) is 11.6 Å². The molecule has 0 atom stereocenters. The Hall–Kier alpha value is -1.29. The molecule has 0 unspecified atom stereocenters. The minimum absolute atomic E-state index is 0.325. The second-order valence-corrected chi connectivity index (χ2v) is 3.43. The first-order valence-corrected chi connectivity index (χ1v) is 4.48. The Balaban J connectivity index is 2.73. The summed E-state index contributed by atoms with van der Waals surface area (Å²) in [6, 6.07) is 5.37. The molecule has 1 aromatic carbocycles. The zero-order valence-corrected chi connectivity index (χ0v) is 8.10. The highest BCUT2D eigenvalue weighted by Gasteiger charge is 2.33. The topological polar surface area (TPSA) is 12.9 Å². The molecule has 0 bridgehead atoms. The molecule has 0 aliphatic heterocycles. The lowest BCUT2D eigenvalue weighted by atomic mass is 10.1. The number of rotatable bonds is 0. The van der Waals surface area contributed by atoms with Crippen molar-refractivity contribution in [3.8, 4) is 0 Å². The Kier molecular flexibility index (Phi) is 2.31. The highest BCUT2D eigenvalue weighted by atomic mass is 35.5. The van der Waals surface area contributed by atoms with Gasteiger partial charge in [-0.15, -0.1) is 0 Å². The number of hydrogen-bond donors (Lipinski definition) is 0. The van der Waals surface area contributed by atoms with Crippen molar-refractivity contribution < 1.29 is 13.2 Å². The van der Waals surface area contributed by atoms with Crippen LogP contribution in [0.5, 0.6) is 0 Å². The summed E-state index contributed by atoms with van der Waals surface area (Å²) >= 11 is 5.53. The van der Waals surface area contributed by atoms with Crippen molar-refractivity contribution in [2.45, 2.75) is 6.18 Å². The number of nitrogens with zero attached hydrogens (tertiary/aromatic N) is 1. The fourth-order valence-corrected chi connectivity index (χ4v) is 1.58. The van der Waals surface area contributed by atoms with E-state index in [1.807, 2.05) is 0 Å². The second-order valence-electron chi connectivity index (χ2n) is 3.03. The van der Waals surface area contributed by atoms with Crippen LogP contribution >= 0.6 is 11.6 Å². The molecule has 0 amide bonds. The molecule has 1 heterocycles. The zero-order chi connectivity index (χ0) is 11.1. The van der Waals surface area contributed by atoms with E-state index >= 15 is 0 Å². The first kappa shape index (κ1) is 10.2. The molecule has 0 spiro atoms. The number of hydrogen-bond acceptors (Lipinski definition) is 1. The molecular weight excluding hydrogens is 227 g/mol. The van der Waals surface area contributed by atoms with Crippen LogP contribution in [-0.2, 0) is 6.18 Å². The van der Waals surface area contributed by atoms with E-state index in [0.717, 1.165) is 6.07 Å². The normalized spacial score (nSPS) is 12.0. The van der Waals surface area contributed by atoms with Crippen LogP contribution in [0.4, 0.5) is 13.2 Å². The van der Waals surface area contributed by atoms with Gasteiger partial charge >= 0.3 is 6.18 Å². The quantitative estimate of drug-likeness (QED) is 0.670. The number of fused-ring (bicyclic) bond motifs is 1. The zero-order valence-electron chi connectivity index (χ0n) is 7.35. The number of benzene rings is 1. The van der Waals surface area contributed by atoms with E-state index in [1.54, 1.807) is 12.1 Å². The van der Waals surface area contributed by atoms with Gasteiger partial charge in [-0.3, -0.25) is 4.98 Å². The molecule has 1 nitrogen and oxygen atoms in total. The number of pyridine rings is 1. The van der Waals surface area contributed by atoms with E-state index in [2.05, 4.69) is 4.98 Å². The Labute approximate surface area is 88.5 Å². The van der Waals surface area contributed by atoms with E-state index in [9.17, 15) is 13.2 Å². The monoisotopic (exact) mass is 231 g/mol. The van der Waals surface area contributed by atoms with Gasteiger partial charge in [0.25, 0.3) is 0 Å². The van der Waals surface area contributed by atoms with Gasteiger partial charge in [-0.25, -0.2) is 0 Å². The number of halogens is 4. The van der Waals surface area contributed by atoms with Crippen molar-refractivity contribution in [1.82, 2.24) is 4.98 Å². The fraction of sp³-hybridized carbons (Fsp3) is 0.100. The molecule has 0 aliphatic carbocycles. The Bertz CT molecular complexity index is 507. The van der Waals surface area contributed by atoms with E-state index < -0.39 is 11.7 Å². The molecule has 0 N–H and O–H groups in total. The van der Waals surface area contributed by atoms with Crippen molar-refractivity contribution in [2.24, 2.45) is 0 Å². The first-order valence-electron chi connectivity index (χ1n) is 4.10. The van der Waals surface area contributed by atoms with Gasteiger partial charge in [-0.05, 0) is 18.2 Å². The predicted octanol–water partition coefficient (Wildman–Crippen LogP) is 3.91. The first-order chi connectivity index (χ1) is 6.98. The average Bonchev–Trinajstić information content (AvgIpc) is 2.15. The van der Waals surface area contributed by atoms with Crippen LogP contribution in [0.1, 0.15) is 5.56 Å².